The highest BCUT2D eigenvalue weighted by molar-refractivity contribution is 5.90. The molecule has 0 spiro atoms. The number of rotatable bonds is 5. The van der Waals surface area contributed by atoms with Gasteiger partial charge in [-0.15, -0.1) is 0 Å². The van der Waals surface area contributed by atoms with E-state index in [9.17, 15) is 14.9 Å². The standard InChI is InChI=1S/C18H26N4O4/c1-26-18(23)15-11-16(22(24)25)17(19-12-15)21-9-7-20(8-10-21)13-14-5-3-2-4-6-14/h11-12,14H,2-10,13H2,1H3. The molecular formula is C18H26N4O4. The molecule has 8 heteroatoms. The molecule has 1 aliphatic carbocycles. The van der Waals surface area contributed by atoms with Gasteiger partial charge in [-0.2, -0.15) is 0 Å². The minimum atomic E-state index is -0.621. The van der Waals surface area contributed by atoms with Gasteiger partial charge in [-0.3, -0.25) is 15.0 Å². The highest BCUT2D eigenvalue weighted by atomic mass is 16.6. The van der Waals surface area contributed by atoms with E-state index < -0.39 is 10.9 Å². The number of ether oxygens (including phenoxy) is 1. The van der Waals surface area contributed by atoms with Crippen molar-refractivity contribution in [2.45, 2.75) is 32.1 Å². The number of nitro groups is 1. The van der Waals surface area contributed by atoms with Crippen LogP contribution < -0.4 is 4.90 Å². The van der Waals surface area contributed by atoms with Gasteiger partial charge in [0, 0.05) is 45.0 Å². The first-order chi connectivity index (χ1) is 12.6. The van der Waals surface area contributed by atoms with E-state index in [1.54, 1.807) is 0 Å². The topological polar surface area (TPSA) is 88.8 Å². The molecule has 0 amide bonds. The van der Waals surface area contributed by atoms with Gasteiger partial charge in [0.2, 0.25) is 5.82 Å². The predicted octanol–water partition coefficient (Wildman–Crippen LogP) is 2.48. The van der Waals surface area contributed by atoms with E-state index in [2.05, 4.69) is 14.6 Å². The van der Waals surface area contributed by atoms with Gasteiger partial charge in [-0.25, -0.2) is 9.78 Å². The molecule has 2 aliphatic rings. The Kier molecular flexibility index (Phi) is 6.03. The average molecular weight is 362 g/mol. The molecular weight excluding hydrogens is 336 g/mol. The SMILES string of the molecule is COC(=O)c1cnc(N2CCN(CC3CCCCC3)CC2)c([N+](=O)[O-])c1. The largest absolute Gasteiger partial charge is 0.465 e. The lowest BCUT2D eigenvalue weighted by Crippen LogP contribution is -2.48. The molecule has 8 nitrogen and oxygen atoms in total. The van der Waals surface area contributed by atoms with Gasteiger partial charge in [0.15, 0.2) is 0 Å². The summed E-state index contributed by atoms with van der Waals surface area (Å²) in [5, 5.41) is 11.4. The molecule has 3 rings (SSSR count). The van der Waals surface area contributed by atoms with Crippen molar-refractivity contribution in [1.29, 1.82) is 0 Å². The number of anilines is 1. The summed E-state index contributed by atoms with van der Waals surface area (Å²) >= 11 is 0. The van der Waals surface area contributed by atoms with Crippen molar-refractivity contribution in [3.8, 4) is 0 Å². The molecule has 2 heterocycles. The molecule has 1 aromatic heterocycles. The first-order valence-electron chi connectivity index (χ1n) is 9.28. The third-order valence-corrected chi connectivity index (χ3v) is 5.38. The van der Waals surface area contributed by atoms with Crippen molar-refractivity contribution < 1.29 is 14.5 Å². The van der Waals surface area contributed by atoms with E-state index in [-0.39, 0.29) is 11.3 Å². The number of hydrogen-bond acceptors (Lipinski definition) is 7. The quantitative estimate of drug-likeness (QED) is 0.451. The predicted molar refractivity (Wildman–Crippen MR) is 97.5 cm³/mol. The fourth-order valence-electron chi connectivity index (χ4n) is 3.93. The smallest absolute Gasteiger partial charge is 0.339 e. The number of aromatic nitrogens is 1. The Bertz CT molecular complexity index is 653. The van der Waals surface area contributed by atoms with E-state index in [1.165, 1.54) is 51.5 Å². The Balaban J connectivity index is 1.64. The van der Waals surface area contributed by atoms with Crippen LogP contribution in [0.15, 0.2) is 12.3 Å². The maximum absolute atomic E-state index is 11.6. The number of pyridine rings is 1. The minimum absolute atomic E-state index is 0.0962. The summed E-state index contributed by atoms with van der Waals surface area (Å²) in [4.78, 5) is 31.1. The van der Waals surface area contributed by atoms with Gasteiger partial charge in [0.1, 0.15) is 0 Å². The van der Waals surface area contributed by atoms with Crippen LogP contribution in [0.2, 0.25) is 0 Å². The molecule has 26 heavy (non-hydrogen) atoms. The third-order valence-electron chi connectivity index (χ3n) is 5.38. The van der Waals surface area contributed by atoms with Gasteiger partial charge in [-0.05, 0) is 18.8 Å². The van der Waals surface area contributed by atoms with Crippen LogP contribution in [0.25, 0.3) is 0 Å². The summed E-state index contributed by atoms with van der Waals surface area (Å²) in [6.45, 7) is 4.31. The zero-order chi connectivity index (χ0) is 18.5. The Labute approximate surface area is 153 Å². The van der Waals surface area contributed by atoms with Crippen LogP contribution in [0, 0.1) is 16.0 Å². The number of nitrogens with zero attached hydrogens (tertiary/aromatic N) is 4. The van der Waals surface area contributed by atoms with Gasteiger partial charge in [-0.1, -0.05) is 19.3 Å². The number of piperazine rings is 1. The van der Waals surface area contributed by atoms with Crippen molar-refractivity contribution >= 4 is 17.5 Å². The fourth-order valence-corrected chi connectivity index (χ4v) is 3.93. The zero-order valence-corrected chi connectivity index (χ0v) is 15.2. The third kappa shape index (κ3) is 4.30. The highest BCUT2D eigenvalue weighted by Crippen LogP contribution is 2.29. The first-order valence-corrected chi connectivity index (χ1v) is 9.28. The summed E-state index contributed by atoms with van der Waals surface area (Å²) in [6.07, 6.45) is 8.04. The fraction of sp³-hybridized carbons (Fsp3) is 0.667. The lowest BCUT2D eigenvalue weighted by Gasteiger charge is -2.37. The Morgan fingerprint density at radius 3 is 2.58 bits per heavy atom. The molecule has 1 saturated carbocycles. The van der Waals surface area contributed by atoms with Crippen LogP contribution in [-0.4, -0.2) is 60.6 Å². The van der Waals surface area contributed by atoms with Crippen molar-refractivity contribution in [3.63, 3.8) is 0 Å². The normalized spacial score (nSPS) is 19.3. The number of hydrogen-bond donors (Lipinski definition) is 0. The number of carbonyl (C=O) groups is 1. The number of esters is 1. The monoisotopic (exact) mass is 362 g/mol. The van der Waals surface area contributed by atoms with Crippen LogP contribution in [0.1, 0.15) is 42.5 Å². The number of carbonyl (C=O) groups excluding carboxylic acids is 1. The minimum Gasteiger partial charge on any atom is -0.465 e. The molecule has 142 valence electrons. The van der Waals surface area contributed by atoms with Crippen molar-refractivity contribution in [1.82, 2.24) is 9.88 Å². The van der Waals surface area contributed by atoms with Crippen LogP contribution in [0.5, 0.6) is 0 Å². The average Bonchev–Trinajstić information content (AvgIpc) is 2.68. The van der Waals surface area contributed by atoms with Gasteiger partial charge >= 0.3 is 11.7 Å². The Morgan fingerprint density at radius 1 is 1.27 bits per heavy atom. The molecule has 0 atom stereocenters. The van der Waals surface area contributed by atoms with Crippen LogP contribution in [0.3, 0.4) is 0 Å². The van der Waals surface area contributed by atoms with E-state index in [0.717, 1.165) is 25.6 Å². The second kappa shape index (κ2) is 8.44. The first kappa shape index (κ1) is 18.6. The molecule has 0 bridgehead atoms. The van der Waals surface area contributed by atoms with E-state index in [4.69, 9.17) is 0 Å². The van der Waals surface area contributed by atoms with Gasteiger partial charge in [0.05, 0.1) is 17.6 Å². The van der Waals surface area contributed by atoms with Crippen LogP contribution in [0.4, 0.5) is 11.5 Å². The molecule has 1 saturated heterocycles. The molecule has 0 aromatic carbocycles. The zero-order valence-electron chi connectivity index (χ0n) is 15.2. The van der Waals surface area contributed by atoms with Crippen molar-refractivity contribution in [2.24, 2.45) is 5.92 Å². The molecule has 0 unspecified atom stereocenters. The molecule has 2 fully saturated rings. The molecule has 0 radical (unpaired) electrons. The Morgan fingerprint density at radius 2 is 1.96 bits per heavy atom. The molecule has 1 aromatic rings. The van der Waals surface area contributed by atoms with E-state index in [0.29, 0.717) is 18.9 Å². The summed E-state index contributed by atoms with van der Waals surface area (Å²) in [5.74, 6) is 0.506. The van der Waals surface area contributed by atoms with Crippen molar-refractivity contribution in [2.75, 3.05) is 44.7 Å². The van der Waals surface area contributed by atoms with E-state index >= 15 is 0 Å². The highest BCUT2D eigenvalue weighted by Gasteiger charge is 2.27. The van der Waals surface area contributed by atoms with Crippen molar-refractivity contribution in [3.05, 3.63) is 27.9 Å². The summed E-state index contributed by atoms with van der Waals surface area (Å²) in [5.41, 5.74) is -0.0486. The summed E-state index contributed by atoms with van der Waals surface area (Å²) < 4.78 is 4.62. The molecule has 0 N–H and O–H groups in total. The molecule has 1 aliphatic heterocycles. The van der Waals surface area contributed by atoms with Gasteiger partial charge in [0.25, 0.3) is 0 Å². The second-order valence-corrected chi connectivity index (χ2v) is 7.11. The number of methoxy groups -OCH3 is 1. The lowest BCUT2D eigenvalue weighted by atomic mass is 9.89. The van der Waals surface area contributed by atoms with Crippen LogP contribution >= 0.6 is 0 Å². The maximum atomic E-state index is 11.6. The maximum Gasteiger partial charge on any atom is 0.339 e. The summed E-state index contributed by atoms with van der Waals surface area (Å²) in [6, 6.07) is 1.25. The van der Waals surface area contributed by atoms with Gasteiger partial charge < -0.3 is 9.64 Å². The summed E-state index contributed by atoms with van der Waals surface area (Å²) in [7, 11) is 1.24. The second-order valence-electron chi connectivity index (χ2n) is 7.11. The lowest BCUT2D eigenvalue weighted by molar-refractivity contribution is -0.384. The van der Waals surface area contributed by atoms with E-state index in [1.807, 2.05) is 4.90 Å². The van der Waals surface area contributed by atoms with Crippen LogP contribution in [-0.2, 0) is 4.74 Å². The Hall–Kier alpha value is -2.22.